The van der Waals surface area contributed by atoms with Crippen molar-refractivity contribution in [1.82, 2.24) is 10.6 Å². The molecule has 0 aliphatic carbocycles. The minimum absolute atomic E-state index is 0.0424. The predicted octanol–water partition coefficient (Wildman–Crippen LogP) is 2.62. The summed E-state index contributed by atoms with van der Waals surface area (Å²) in [6.07, 6.45) is 0. The molecule has 1 rings (SSSR count). The Morgan fingerprint density at radius 2 is 2.00 bits per heavy atom. The van der Waals surface area contributed by atoms with E-state index in [1.807, 2.05) is 26.0 Å². The first-order valence-electron chi connectivity index (χ1n) is 6.78. The lowest BCUT2D eigenvalue weighted by Gasteiger charge is -2.26. The van der Waals surface area contributed by atoms with E-state index in [2.05, 4.69) is 10.6 Å². The third-order valence-corrected chi connectivity index (χ3v) is 3.94. The highest BCUT2D eigenvalue weighted by atomic mass is 35.5. The molecule has 6 heteroatoms. The van der Waals surface area contributed by atoms with Crippen molar-refractivity contribution >= 4 is 29.1 Å². The zero-order valence-electron chi connectivity index (χ0n) is 12.6. The molecular formula is C15H22Cl2N2O2. The van der Waals surface area contributed by atoms with Crippen LogP contribution >= 0.6 is 23.2 Å². The number of nitrogens with one attached hydrogen (secondary N) is 2. The summed E-state index contributed by atoms with van der Waals surface area (Å²) in [5, 5.41) is 6.97. The normalized spacial score (nSPS) is 11.5. The second kappa shape index (κ2) is 8.59. The molecule has 21 heavy (non-hydrogen) atoms. The van der Waals surface area contributed by atoms with Gasteiger partial charge in [0, 0.05) is 25.6 Å². The van der Waals surface area contributed by atoms with E-state index in [0.29, 0.717) is 29.7 Å². The highest BCUT2D eigenvalue weighted by Crippen LogP contribution is 2.29. The van der Waals surface area contributed by atoms with E-state index in [1.165, 1.54) is 0 Å². The highest BCUT2D eigenvalue weighted by Gasteiger charge is 2.22. The lowest BCUT2D eigenvalue weighted by Crippen LogP contribution is -2.41. The first kappa shape index (κ1) is 18.2. The number of hydrogen-bond acceptors (Lipinski definition) is 3. The zero-order valence-corrected chi connectivity index (χ0v) is 14.1. The minimum atomic E-state index is -0.226. The molecule has 2 N–H and O–H groups in total. The second-order valence-corrected chi connectivity index (χ2v) is 6.27. The van der Waals surface area contributed by atoms with Gasteiger partial charge in [-0.1, -0.05) is 43.1 Å². The van der Waals surface area contributed by atoms with Crippen LogP contribution in [-0.2, 0) is 14.9 Å². The van der Waals surface area contributed by atoms with Crippen LogP contribution in [0.15, 0.2) is 18.2 Å². The number of ether oxygens (including phenoxy) is 1. The minimum Gasteiger partial charge on any atom is -0.383 e. The number of amides is 1. The van der Waals surface area contributed by atoms with Crippen LogP contribution in [0.4, 0.5) is 0 Å². The van der Waals surface area contributed by atoms with Crippen LogP contribution < -0.4 is 10.6 Å². The number of benzene rings is 1. The number of rotatable bonds is 8. The van der Waals surface area contributed by atoms with E-state index in [0.717, 1.165) is 5.56 Å². The molecule has 0 spiro atoms. The summed E-state index contributed by atoms with van der Waals surface area (Å²) in [4.78, 5) is 11.7. The average molecular weight is 333 g/mol. The number of hydrogen-bond donors (Lipinski definition) is 2. The zero-order chi connectivity index (χ0) is 15.9. The Balaban J connectivity index is 2.48. The van der Waals surface area contributed by atoms with Gasteiger partial charge < -0.3 is 15.4 Å². The van der Waals surface area contributed by atoms with Crippen LogP contribution in [0.5, 0.6) is 0 Å². The van der Waals surface area contributed by atoms with Crippen molar-refractivity contribution in [3.63, 3.8) is 0 Å². The van der Waals surface area contributed by atoms with E-state index in [9.17, 15) is 4.79 Å². The molecule has 0 radical (unpaired) electrons. The summed E-state index contributed by atoms with van der Waals surface area (Å²) in [7, 11) is 1.63. The average Bonchev–Trinajstić information content (AvgIpc) is 2.44. The van der Waals surface area contributed by atoms with E-state index in [-0.39, 0.29) is 17.9 Å². The molecule has 1 aromatic carbocycles. The highest BCUT2D eigenvalue weighted by molar-refractivity contribution is 6.42. The molecule has 0 heterocycles. The van der Waals surface area contributed by atoms with Gasteiger partial charge in [-0.2, -0.15) is 0 Å². The molecular weight excluding hydrogens is 311 g/mol. The Hall–Kier alpha value is -0.810. The van der Waals surface area contributed by atoms with Crippen molar-refractivity contribution in [1.29, 1.82) is 0 Å². The molecule has 0 aliphatic rings. The Morgan fingerprint density at radius 1 is 1.29 bits per heavy atom. The van der Waals surface area contributed by atoms with Crippen LogP contribution in [0.25, 0.3) is 0 Å². The number of carbonyl (C=O) groups excluding carboxylic acids is 1. The van der Waals surface area contributed by atoms with Gasteiger partial charge in [-0.25, -0.2) is 0 Å². The van der Waals surface area contributed by atoms with Crippen molar-refractivity contribution in [2.24, 2.45) is 0 Å². The lowest BCUT2D eigenvalue weighted by molar-refractivity contribution is -0.120. The van der Waals surface area contributed by atoms with Gasteiger partial charge in [0.1, 0.15) is 0 Å². The number of carbonyl (C=O) groups is 1. The molecule has 118 valence electrons. The molecule has 0 unspecified atom stereocenters. The van der Waals surface area contributed by atoms with Crippen molar-refractivity contribution in [2.45, 2.75) is 19.3 Å². The summed E-state index contributed by atoms with van der Waals surface area (Å²) in [6, 6.07) is 5.54. The Labute approximate surface area is 136 Å². The Kier molecular flexibility index (Phi) is 7.46. The maximum absolute atomic E-state index is 11.7. The van der Waals surface area contributed by atoms with Crippen LogP contribution in [0.2, 0.25) is 10.0 Å². The van der Waals surface area contributed by atoms with E-state index < -0.39 is 0 Å². The third kappa shape index (κ3) is 6.22. The van der Waals surface area contributed by atoms with Gasteiger partial charge in [0.15, 0.2) is 0 Å². The fourth-order valence-electron chi connectivity index (χ4n) is 1.78. The molecule has 0 aliphatic heterocycles. The van der Waals surface area contributed by atoms with Crippen LogP contribution in [-0.4, -0.2) is 39.3 Å². The second-order valence-electron chi connectivity index (χ2n) is 5.46. The molecule has 0 aromatic heterocycles. The van der Waals surface area contributed by atoms with Gasteiger partial charge in [-0.15, -0.1) is 0 Å². The molecule has 0 fully saturated rings. The van der Waals surface area contributed by atoms with Gasteiger partial charge in [0.25, 0.3) is 0 Å². The smallest absolute Gasteiger partial charge is 0.233 e. The van der Waals surface area contributed by atoms with Crippen molar-refractivity contribution in [3.05, 3.63) is 33.8 Å². The van der Waals surface area contributed by atoms with Gasteiger partial charge >= 0.3 is 0 Å². The molecule has 0 atom stereocenters. The van der Waals surface area contributed by atoms with Gasteiger partial charge in [0.2, 0.25) is 5.91 Å². The standard InChI is InChI=1S/C15H22Cl2N2O2/c1-15(2,11-4-5-12(16)13(17)8-11)10-19-14(20)9-18-6-7-21-3/h4-5,8,18H,6-7,9-10H2,1-3H3,(H,19,20). The van der Waals surface area contributed by atoms with Crippen LogP contribution in [0.1, 0.15) is 19.4 Å². The maximum atomic E-state index is 11.7. The van der Waals surface area contributed by atoms with Gasteiger partial charge in [-0.05, 0) is 17.7 Å². The quantitative estimate of drug-likeness (QED) is 0.719. The first-order chi connectivity index (χ1) is 9.86. The van der Waals surface area contributed by atoms with Crippen molar-refractivity contribution < 1.29 is 9.53 Å². The molecule has 1 aromatic rings. The first-order valence-corrected chi connectivity index (χ1v) is 7.54. The SMILES string of the molecule is COCCNCC(=O)NCC(C)(C)c1ccc(Cl)c(Cl)c1. The summed E-state index contributed by atoms with van der Waals surface area (Å²) in [5.74, 6) is -0.0424. The van der Waals surface area contributed by atoms with E-state index >= 15 is 0 Å². The Bertz CT molecular complexity index is 479. The van der Waals surface area contributed by atoms with E-state index in [4.69, 9.17) is 27.9 Å². The fraction of sp³-hybridized carbons (Fsp3) is 0.533. The van der Waals surface area contributed by atoms with Gasteiger partial charge in [-0.3, -0.25) is 4.79 Å². The third-order valence-electron chi connectivity index (χ3n) is 3.20. The summed E-state index contributed by atoms with van der Waals surface area (Å²) < 4.78 is 4.90. The number of halogens is 2. The van der Waals surface area contributed by atoms with Gasteiger partial charge in [0.05, 0.1) is 23.2 Å². The largest absolute Gasteiger partial charge is 0.383 e. The van der Waals surface area contributed by atoms with Crippen molar-refractivity contribution in [2.75, 3.05) is 33.4 Å². The monoisotopic (exact) mass is 332 g/mol. The molecule has 0 saturated carbocycles. The summed E-state index contributed by atoms with van der Waals surface area (Å²) >= 11 is 12.0. The van der Waals surface area contributed by atoms with E-state index in [1.54, 1.807) is 13.2 Å². The summed E-state index contributed by atoms with van der Waals surface area (Å²) in [6.45, 7) is 6.13. The molecule has 0 saturated heterocycles. The lowest BCUT2D eigenvalue weighted by atomic mass is 9.84. The number of methoxy groups -OCH3 is 1. The maximum Gasteiger partial charge on any atom is 0.233 e. The summed E-state index contributed by atoms with van der Waals surface area (Å²) in [5.41, 5.74) is 0.806. The molecule has 4 nitrogen and oxygen atoms in total. The van der Waals surface area contributed by atoms with Crippen molar-refractivity contribution in [3.8, 4) is 0 Å². The molecule has 1 amide bonds. The molecule has 0 bridgehead atoms. The topological polar surface area (TPSA) is 50.4 Å². The fourth-order valence-corrected chi connectivity index (χ4v) is 2.08. The van der Waals surface area contributed by atoms with Crippen LogP contribution in [0.3, 0.4) is 0 Å². The predicted molar refractivity (Wildman–Crippen MR) is 87.2 cm³/mol. The Morgan fingerprint density at radius 3 is 2.62 bits per heavy atom. The van der Waals surface area contributed by atoms with Crippen LogP contribution in [0, 0.1) is 0 Å².